The summed E-state index contributed by atoms with van der Waals surface area (Å²) >= 11 is 0. The lowest BCUT2D eigenvalue weighted by Gasteiger charge is -2.19. The first-order chi connectivity index (χ1) is 21.2. The van der Waals surface area contributed by atoms with E-state index < -0.39 is 0 Å². The average Bonchev–Trinajstić information content (AvgIpc) is 3.50. The van der Waals surface area contributed by atoms with E-state index in [0.29, 0.717) is 0 Å². The fraction of sp³-hybridized carbons (Fsp3) is 0. The third kappa shape index (κ3) is 3.99. The zero-order valence-electron chi connectivity index (χ0n) is 23.7. The van der Waals surface area contributed by atoms with Crippen molar-refractivity contribution < 1.29 is 0 Å². The standard InChI is InChI=1S/C41H28N2/c1-3-12-30-27(2)25-37(32-14-5-4-13-31(30)32)41-35-17-8-6-15-33(35)40(34-16-7-9-18-36(34)41)29-22-20-28(21-23-29)38-26-43-24-11-10-19-39(43)42-38/h3-26H,1-2H2. The Kier molecular flexibility index (Phi) is 5.80. The highest BCUT2D eigenvalue weighted by Gasteiger charge is 2.18. The number of allylic oxidation sites excluding steroid dienone is 1. The van der Waals surface area contributed by atoms with Crippen molar-refractivity contribution in [3.8, 4) is 33.5 Å². The van der Waals surface area contributed by atoms with Gasteiger partial charge < -0.3 is 4.40 Å². The van der Waals surface area contributed by atoms with E-state index >= 15 is 0 Å². The van der Waals surface area contributed by atoms with Gasteiger partial charge in [0.25, 0.3) is 0 Å². The van der Waals surface area contributed by atoms with Crippen molar-refractivity contribution in [3.05, 3.63) is 157 Å². The first kappa shape index (κ1) is 25.0. The molecule has 0 bridgehead atoms. The van der Waals surface area contributed by atoms with Crippen LogP contribution in [0, 0.1) is 0 Å². The predicted octanol–water partition coefficient (Wildman–Crippen LogP) is 9.17. The van der Waals surface area contributed by atoms with Gasteiger partial charge in [0.15, 0.2) is 0 Å². The summed E-state index contributed by atoms with van der Waals surface area (Å²) in [7, 11) is 0. The number of imidazole rings is 1. The first-order valence-electron chi connectivity index (χ1n) is 14.5. The number of pyridine rings is 1. The van der Waals surface area contributed by atoms with Crippen molar-refractivity contribution in [2.75, 3.05) is 0 Å². The van der Waals surface area contributed by atoms with Crippen molar-refractivity contribution in [3.63, 3.8) is 0 Å². The molecule has 2 aromatic heterocycles. The highest BCUT2D eigenvalue weighted by atomic mass is 15.0. The topological polar surface area (TPSA) is 17.3 Å². The maximum atomic E-state index is 4.83. The van der Waals surface area contributed by atoms with Crippen LogP contribution < -0.4 is 10.4 Å². The maximum absolute atomic E-state index is 4.83. The summed E-state index contributed by atoms with van der Waals surface area (Å²) in [5, 5.41) is 9.42. The number of fused-ring (bicyclic) bond motifs is 4. The van der Waals surface area contributed by atoms with Crippen LogP contribution in [0.1, 0.15) is 0 Å². The molecule has 0 fully saturated rings. The minimum atomic E-state index is 0.947. The van der Waals surface area contributed by atoms with E-state index in [2.05, 4.69) is 133 Å². The van der Waals surface area contributed by atoms with E-state index in [4.69, 9.17) is 4.98 Å². The zero-order chi connectivity index (χ0) is 28.9. The summed E-state index contributed by atoms with van der Waals surface area (Å²) in [6.45, 7) is 8.41. The molecular formula is C41H28N2. The van der Waals surface area contributed by atoms with E-state index in [1.54, 1.807) is 0 Å². The minimum absolute atomic E-state index is 0.947. The fourth-order valence-corrected chi connectivity index (χ4v) is 6.59. The lowest BCUT2D eigenvalue weighted by Crippen LogP contribution is -2.24. The molecule has 8 rings (SSSR count). The van der Waals surface area contributed by atoms with Crippen molar-refractivity contribution in [1.29, 1.82) is 0 Å². The Bertz CT molecular complexity index is 2390. The van der Waals surface area contributed by atoms with Crippen LogP contribution in [0.4, 0.5) is 0 Å². The van der Waals surface area contributed by atoms with Gasteiger partial charge in [-0.2, -0.15) is 0 Å². The lowest BCUT2D eigenvalue weighted by molar-refractivity contribution is 1.19. The summed E-state index contributed by atoms with van der Waals surface area (Å²) < 4.78 is 2.06. The molecule has 0 unspecified atom stereocenters. The number of hydrogen-bond donors (Lipinski definition) is 0. The maximum Gasteiger partial charge on any atom is 0.137 e. The van der Waals surface area contributed by atoms with Gasteiger partial charge in [-0.3, -0.25) is 0 Å². The number of hydrogen-bond acceptors (Lipinski definition) is 1. The third-order valence-corrected chi connectivity index (χ3v) is 8.49. The average molecular weight is 549 g/mol. The lowest BCUT2D eigenvalue weighted by atomic mass is 9.84. The molecule has 0 amide bonds. The van der Waals surface area contributed by atoms with Crippen LogP contribution in [0.5, 0.6) is 0 Å². The number of benzene rings is 6. The Morgan fingerprint density at radius 1 is 0.581 bits per heavy atom. The summed E-state index contributed by atoms with van der Waals surface area (Å²) in [5.41, 5.74) is 7.88. The van der Waals surface area contributed by atoms with Gasteiger partial charge in [-0.1, -0.05) is 128 Å². The molecule has 0 aliphatic heterocycles. The molecule has 43 heavy (non-hydrogen) atoms. The SMILES string of the molecule is C=CC=c1c(=C)cc(-c2c3ccccc3c(-c3ccc(-c4cn5ccccc5n4)cc3)c3ccccc23)c2ccccc12. The Morgan fingerprint density at radius 2 is 1.14 bits per heavy atom. The second-order valence-electron chi connectivity index (χ2n) is 11.0. The Balaban J connectivity index is 1.40. The molecule has 0 saturated carbocycles. The molecule has 2 heterocycles. The van der Waals surface area contributed by atoms with Crippen molar-refractivity contribution in [2.45, 2.75) is 0 Å². The normalized spacial score (nSPS) is 12.0. The summed E-state index contributed by atoms with van der Waals surface area (Å²) in [4.78, 5) is 4.83. The Morgan fingerprint density at radius 3 is 1.77 bits per heavy atom. The van der Waals surface area contributed by atoms with Gasteiger partial charge >= 0.3 is 0 Å². The quantitative estimate of drug-likeness (QED) is 0.200. The molecule has 0 radical (unpaired) electrons. The van der Waals surface area contributed by atoms with Gasteiger partial charge in [-0.25, -0.2) is 4.98 Å². The molecule has 0 saturated heterocycles. The third-order valence-electron chi connectivity index (χ3n) is 8.49. The second-order valence-corrected chi connectivity index (χ2v) is 11.0. The summed E-state index contributed by atoms with van der Waals surface area (Å²) in [6, 6.07) is 43.4. The molecule has 2 heteroatoms. The van der Waals surface area contributed by atoms with E-state index in [0.717, 1.165) is 27.3 Å². The fourth-order valence-electron chi connectivity index (χ4n) is 6.59. The van der Waals surface area contributed by atoms with Crippen LogP contribution in [-0.4, -0.2) is 9.38 Å². The highest BCUT2D eigenvalue weighted by Crippen LogP contribution is 2.44. The van der Waals surface area contributed by atoms with Gasteiger partial charge in [0, 0.05) is 18.0 Å². The van der Waals surface area contributed by atoms with E-state index in [9.17, 15) is 0 Å². The van der Waals surface area contributed by atoms with Gasteiger partial charge in [0.2, 0.25) is 0 Å². The van der Waals surface area contributed by atoms with Gasteiger partial charge in [-0.05, 0) is 83.2 Å². The first-order valence-corrected chi connectivity index (χ1v) is 14.5. The number of aromatic nitrogens is 2. The molecule has 0 aliphatic carbocycles. The van der Waals surface area contributed by atoms with Crippen LogP contribution in [-0.2, 0) is 0 Å². The largest absolute Gasteiger partial charge is 0.306 e. The molecule has 6 aromatic carbocycles. The van der Waals surface area contributed by atoms with Crippen LogP contribution in [0.3, 0.4) is 0 Å². The smallest absolute Gasteiger partial charge is 0.137 e. The minimum Gasteiger partial charge on any atom is -0.306 e. The van der Waals surface area contributed by atoms with Gasteiger partial charge in [0.05, 0.1) is 5.69 Å². The Labute approximate surface area is 249 Å². The number of rotatable bonds is 4. The predicted molar refractivity (Wildman–Crippen MR) is 183 cm³/mol. The van der Waals surface area contributed by atoms with Crippen molar-refractivity contribution >= 4 is 50.6 Å². The molecule has 0 N–H and O–H groups in total. The summed E-state index contributed by atoms with van der Waals surface area (Å²) in [6.07, 6.45) is 8.02. The highest BCUT2D eigenvalue weighted by molar-refractivity contribution is 6.23. The molecule has 202 valence electrons. The van der Waals surface area contributed by atoms with Gasteiger partial charge in [-0.15, -0.1) is 0 Å². The van der Waals surface area contributed by atoms with Crippen LogP contribution in [0.15, 0.2) is 146 Å². The molecule has 0 aliphatic rings. The van der Waals surface area contributed by atoms with Crippen LogP contribution in [0.25, 0.3) is 84.1 Å². The molecular weight excluding hydrogens is 520 g/mol. The second kappa shape index (κ2) is 9.97. The Hall–Kier alpha value is -5.73. The summed E-state index contributed by atoms with van der Waals surface area (Å²) in [5.74, 6) is 0. The van der Waals surface area contributed by atoms with Gasteiger partial charge in [0.1, 0.15) is 5.65 Å². The monoisotopic (exact) mass is 548 g/mol. The van der Waals surface area contributed by atoms with E-state index in [-0.39, 0.29) is 0 Å². The van der Waals surface area contributed by atoms with Crippen LogP contribution >= 0.6 is 0 Å². The molecule has 2 nitrogen and oxygen atoms in total. The van der Waals surface area contributed by atoms with Crippen LogP contribution in [0.2, 0.25) is 0 Å². The van der Waals surface area contributed by atoms with Crippen molar-refractivity contribution in [1.82, 2.24) is 9.38 Å². The zero-order valence-corrected chi connectivity index (χ0v) is 23.7. The number of nitrogens with zero attached hydrogens (tertiary/aromatic N) is 2. The molecule has 0 spiro atoms. The molecule has 8 aromatic rings. The van der Waals surface area contributed by atoms with Crippen molar-refractivity contribution in [2.24, 2.45) is 0 Å². The molecule has 0 atom stereocenters. The van der Waals surface area contributed by atoms with E-state index in [1.165, 1.54) is 54.6 Å². The van der Waals surface area contributed by atoms with E-state index in [1.807, 2.05) is 30.5 Å².